The van der Waals surface area contributed by atoms with E-state index in [4.69, 9.17) is 0 Å². The van der Waals surface area contributed by atoms with E-state index in [0.717, 1.165) is 23.7 Å². The molecule has 13 heavy (non-hydrogen) atoms. The van der Waals surface area contributed by atoms with Crippen molar-refractivity contribution in [1.29, 1.82) is 0 Å². The summed E-state index contributed by atoms with van der Waals surface area (Å²) in [6.07, 6.45) is 3.04. The number of aryl methyl sites for hydroxylation is 1. The summed E-state index contributed by atoms with van der Waals surface area (Å²) in [4.78, 5) is 4.42. The van der Waals surface area contributed by atoms with E-state index in [2.05, 4.69) is 29.2 Å². The number of nitrogens with zero attached hydrogens (tertiary/aromatic N) is 1. The second-order valence-corrected chi connectivity index (χ2v) is 4.02. The number of hydrogen-bond acceptors (Lipinski definition) is 3. The van der Waals surface area contributed by atoms with Crippen molar-refractivity contribution in [3.05, 3.63) is 28.7 Å². The Kier molecular flexibility index (Phi) is 4.12. The minimum Gasteiger partial charge on any atom is -0.305 e. The maximum absolute atomic E-state index is 4.42. The number of aromatic nitrogens is 1. The molecule has 1 N–H and O–H groups in total. The lowest BCUT2D eigenvalue weighted by molar-refractivity contribution is 0.603. The molecule has 1 unspecified atom stereocenters. The molecule has 2 nitrogen and oxygen atoms in total. The molecule has 0 aliphatic rings. The molecule has 0 aliphatic heterocycles. The van der Waals surface area contributed by atoms with Crippen molar-refractivity contribution in [3.63, 3.8) is 0 Å². The number of rotatable bonds is 5. The average molecular weight is 196 g/mol. The Bertz CT molecular complexity index is 268. The van der Waals surface area contributed by atoms with Gasteiger partial charge in [-0.15, -0.1) is 17.9 Å². The van der Waals surface area contributed by atoms with Crippen molar-refractivity contribution in [3.8, 4) is 0 Å². The van der Waals surface area contributed by atoms with Crippen LogP contribution in [0.3, 0.4) is 0 Å². The molecule has 0 spiro atoms. The Morgan fingerprint density at radius 3 is 3.00 bits per heavy atom. The third kappa shape index (κ3) is 2.94. The van der Waals surface area contributed by atoms with Crippen LogP contribution in [0.15, 0.2) is 18.0 Å². The molecule has 3 heteroatoms. The second-order valence-electron chi connectivity index (χ2n) is 2.96. The molecule has 0 saturated heterocycles. The molecule has 0 aromatic carbocycles. The SMILES string of the molecule is C=CC(NCCC)c1csc(C)n1. The molecule has 1 heterocycles. The summed E-state index contributed by atoms with van der Waals surface area (Å²) in [5.41, 5.74) is 1.09. The van der Waals surface area contributed by atoms with E-state index in [0.29, 0.717) is 0 Å². The summed E-state index contributed by atoms with van der Waals surface area (Å²) in [5, 5.41) is 6.57. The summed E-state index contributed by atoms with van der Waals surface area (Å²) in [6, 6.07) is 0.213. The zero-order chi connectivity index (χ0) is 9.68. The van der Waals surface area contributed by atoms with Crippen molar-refractivity contribution in [2.45, 2.75) is 26.3 Å². The van der Waals surface area contributed by atoms with Gasteiger partial charge in [0.25, 0.3) is 0 Å². The van der Waals surface area contributed by atoms with Crippen LogP contribution in [-0.4, -0.2) is 11.5 Å². The molecular weight excluding hydrogens is 180 g/mol. The molecule has 1 aromatic heterocycles. The highest BCUT2D eigenvalue weighted by molar-refractivity contribution is 7.09. The summed E-state index contributed by atoms with van der Waals surface area (Å²) in [6.45, 7) is 8.98. The first-order valence-corrected chi connectivity index (χ1v) is 5.43. The fourth-order valence-corrected chi connectivity index (χ4v) is 1.78. The van der Waals surface area contributed by atoms with Crippen LogP contribution in [0, 0.1) is 6.92 Å². The fraction of sp³-hybridized carbons (Fsp3) is 0.500. The van der Waals surface area contributed by atoms with Gasteiger partial charge >= 0.3 is 0 Å². The van der Waals surface area contributed by atoms with Gasteiger partial charge in [0, 0.05) is 5.38 Å². The van der Waals surface area contributed by atoms with Crippen molar-refractivity contribution in [2.75, 3.05) is 6.54 Å². The van der Waals surface area contributed by atoms with E-state index in [1.807, 2.05) is 13.0 Å². The Morgan fingerprint density at radius 2 is 2.54 bits per heavy atom. The summed E-state index contributed by atoms with van der Waals surface area (Å²) in [7, 11) is 0. The molecule has 0 saturated carbocycles. The molecule has 0 fully saturated rings. The predicted molar refractivity (Wildman–Crippen MR) is 58.1 cm³/mol. The zero-order valence-electron chi connectivity index (χ0n) is 8.21. The molecule has 0 amide bonds. The third-order valence-electron chi connectivity index (χ3n) is 1.81. The fourth-order valence-electron chi connectivity index (χ4n) is 1.13. The number of thiazole rings is 1. The molecule has 0 aliphatic carbocycles. The van der Waals surface area contributed by atoms with E-state index < -0.39 is 0 Å². The van der Waals surface area contributed by atoms with Gasteiger partial charge < -0.3 is 5.32 Å². The normalized spacial score (nSPS) is 12.8. The van der Waals surface area contributed by atoms with Gasteiger partial charge in [0.05, 0.1) is 16.7 Å². The smallest absolute Gasteiger partial charge is 0.0898 e. The van der Waals surface area contributed by atoms with Crippen LogP contribution in [0.2, 0.25) is 0 Å². The van der Waals surface area contributed by atoms with E-state index in [1.165, 1.54) is 0 Å². The summed E-state index contributed by atoms with van der Waals surface area (Å²) >= 11 is 1.68. The van der Waals surface area contributed by atoms with Crippen molar-refractivity contribution >= 4 is 11.3 Å². The standard InChI is InChI=1S/C10H16N2S/c1-4-6-11-9(5-2)10-7-13-8(3)12-10/h5,7,9,11H,2,4,6H2,1,3H3. The number of nitrogens with one attached hydrogen (secondary N) is 1. The molecule has 72 valence electrons. The molecular formula is C10H16N2S. The lowest BCUT2D eigenvalue weighted by Crippen LogP contribution is -2.20. The van der Waals surface area contributed by atoms with E-state index >= 15 is 0 Å². The third-order valence-corrected chi connectivity index (χ3v) is 2.60. The quantitative estimate of drug-likeness (QED) is 0.732. The van der Waals surface area contributed by atoms with Crippen LogP contribution in [0.5, 0.6) is 0 Å². The van der Waals surface area contributed by atoms with Crippen LogP contribution in [-0.2, 0) is 0 Å². The van der Waals surface area contributed by atoms with Gasteiger partial charge in [-0.1, -0.05) is 13.0 Å². The van der Waals surface area contributed by atoms with Gasteiger partial charge in [0.15, 0.2) is 0 Å². The topological polar surface area (TPSA) is 24.9 Å². The average Bonchev–Trinajstić information content (AvgIpc) is 2.54. The Hall–Kier alpha value is -0.670. The van der Waals surface area contributed by atoms with E-state index in [1.54, 1.807) is 11.3 Å². The van der Waals surface area contributed by atoms with E-state index in [-0.39, 0.29) is 6.04 Å². The molecule has 1 aromatic rings. The van der Waals surface area contributed by atoms with Gasteiger partial charge in [0.1, 0.15) is 0 Å². The maximum Gasteiger partial charge on any atom is 0.0898 e. The van der Waals surface area contributed by atoms with Crippen molar-refractivity contribution < 1.29 is 0 Å². The Balaban J connectivity index is 2.61. The molecule has 1 atom stereocenters. The number of hydrogen-bond donors (Lipinski definition) is 1. The molecule has 0 bridgehead atoms. The van der Waals surface area contributed by atoms with Gasteiger partial charge in [-0.3, -0.25) is 0 Å². The highest BCUT2D eigenvalue weighted by Gasteiger charge is 2.08. The minimum absolute atomic E-state index is 0.213. The Morgan fingerprint density at radius 1 is 1.77 bits per heavy atom. The largest absolute Gasteiger partial charge is 0.305 e. The van der Waals surface area contributed by atoms with Crippen LogP contribution < -0.4 is 5.32 Å². The van der Waals surface area contributed by atoms with Crippen molar-refractivity contribution in [1.82, 2.24) is 10.3 Å². The second kappa shape index (κ2) is 5.14. The van der Waals surface area contributed by atoms with Gasteiger partial charge in [-0.05, 0) is 19.9 Å². The first-order chi connectivity index (χ1) is 6.27. The lowest BCUT2D eigenvalue weighted by atomic mass is 10.2. The van der Waals surface area contributed by atoms with Gasteiger partial charge in [-0.2, -0.15) is 0 Å². The molecule has 0 radical (unpaired) electrons. The van der Waals surface area contributed by atoms with Crippen LogP contribution in [0.1, 0.15) is 30.1 Å². The van der Waals surface area contributed by atoms with E-state index in [9.17, 15) is 0 Å². The van der Waals surface area contributed by atoms with Gasteiger partial charge in [-0.25, -0.2) is 4.98 Å². The zero-order valence-corrected chi connectivity index (χ0v) is 9.03. The first-order valence-electron chi connectivity index (χ1n) is 4.56. The van der Waals surface area contributed by atoms with Crippen LogP contribution in [0.4, 0.5) is 0 Å². The summed E-state index contributed by atoms with van der Waals surface area (Å²) in [5.74, 6) is 0. The van der Waals surface area contributed by atoms with Crippen LogP contribution >= 0.6 is 11.3 Å². The predicted octanol–water partition coefficient (Wildman–Crippen LogP) is 2.68. The first kappa shape index (κ1) is 10.4. The summed E-state index contributed by atoms with van der Waals surface area (Å²) < 4.78 is 0. The Labute approximate surface area is 83.7 Å². The molecule has 1 rings (SSSR count). The lowest BCUT2D eigenvalue weighted by Gasteiger charge is -2.10. The monoisotopic (exact) mass is 196 g/mol. The highest BCUT2D eigenvalue weighted by Crippen LogP contribution is 2.16. The minimum atomic E-state index is 0.213. The highest BCUT2D eigenvalue weighted by atomic mass is 32.1. The van der Waals surface area contributed by atoms with Gasteiger partial charge in [0.2, 0.25) is 0 Å². The van der Waals surface area contributed by atoms with Crippen molar-refractivity contribution in [2.24, 2.45) is 0 Å². The maximum atomic E-state index is 4.42. The van der Waals surface area contributed by atoms with Crippen LogP contribution in [0.25, 0.3) is 0 Å².